The van der Waals surface area contributed by atoms with Crippen molar-refractivity contribution in [1.29, 1.82) is 0 Å². The first-order valence-electron chi connectivity index (χ1n) is 8.91. The summed E-state index contributed by atoms with van der Waals surface area (Å²) in [6.45, 7) is 3.47. The molecule has 0 saturated carbocycles. The SMILES string of the molecule is Cc1cccc(CNC(=O)C2CCN(C(=O)c3ccccc3F)CC2)c1. The number of nitrogens with one attached hydrogen (secondary N) is 1. The molecule has 0 aromatic heterocycles. The average molecular weight is 354 g/mol. The van der Waals surface area contributed by atoms with Crippen LogP contribution in [0.15, 0.2) is 48.5 Å². The molecule has 2 amide bonds. The van der Waals surface area contributed by atoms with E-state index >= 15 is 0 Å². The van der Waals surface area contributed by atoms with Crippen molar-refractivity contribution in [2.24, 2.45) is 5.92 Å². The van der Waals surface area contributed by atoms with Crippen molar-refractivity contribution in [1.82, 2.24) is 10.2 Å². The molecule has 1 N–H and O–H groups in total. The highest BCUT2D eigenvalue weighted by Crippen LogP contribution is 2.20. The average Bonchev–Trinajstić information content (AvgIpc) is 2.66. The molecule has 2 aromatic carbocycles. The van der Waals surface area contributed by atoms with Gasteiger partial charge in [-0.1, -0.05) is 42.0 Å². The standard InChI is InChI=1S/C21H23FN2O2/c1-15-5-4-6-16(13-15)14-23-20(25)17-9-11-24(12-10-17)21(26)18-7-2-3-8-19(18)22/h2-8,13,17H,9-12,14H2,1H3,(H,23,25). The van der Waals surface area contributed by atoms with E-state index in [4.69, 9.17) is 0 Å². The van der Waals surface area contributed by atoms with Gasteiger partial charge in [0.2, 0.25) is 5.91 Å². The van der Waals surface area contributed by atoms with Gasteiger partial charge in [0.25, 0.3) is 5.91 Å². The Morgan fingerprint density at radius 2 is 1.85 bits per heavy atom. The third kappa shape index (κ3) is 4.28. The largest absolute Gasteiger partial charge is 0.352 e. The van der Waals surface area contributed by atoms with Gasteiger partial charge in [0.1, 0.15) is 5.82 Å². The second kappa shape index (κ2) is 8.13. The topological polar surface area (TPSA) is 49.4 Å². The van der Waals surface area contributed by atoms with Gasteiger partial charge in [0.15, 0.2) is 0 Å². The summed E-state index contributed by atoms with van der Waals surface area (Å²) < 4.78 is 13.8. The van der Waals surface area contributed by atoms with Gasteiger partial charge in [-0.15, -0.1) is 0 Å². The van der Waals surface area contributed by atoms with E-state index < -0.39 is 5.82 Å². The van der Waals surface area contributed by atoms with Crippen LogP contribution >= 0.6 is 0 Å². The van der Waals surface area contributed by atoms with Crippen LogP contribution in [0.1, 0.15) is 34.3 Å². The molecule has 1 saturated heterocycles. The molecule has 0 radical (unpaired) electrons. The normalized spacial score (nSPS) is 14.9. The van der Waals surface area contributed by atoms with E-state index in [1.54, 1.807) is 17.0 Å². The number of nitrogens with zero attached hydrogens (tertiary/aromatic N) is 1. The molecule has 0 aliphatic carbocycles. The molecule has 2 aromatic rings. The van der Waals surface area contributed by atoms with Crippen molar-refractivity contribution < 1.29 is 14.0 Å². The number of carbonyl (C=O) groups excluding carboxylic acids is 2. The lowest BCUT2D eigenvalue weighted by Gasteiger charge is -2.31. The number of carbonyl (C=O) groups is 2. The summed E-state index contributed by atoms with van der Waals surface area (Å²) in [7, 11) is 0. The van der Waals surface area contributed by atoms with Crippen molar-refractivity contribution >= 4 is 11.8 Å². The lowest BCUT2D eigenvalue weighted by Crippen LogP contribution is -2.43. The zero-order valence-electron chi connectivity index (χ0n) is 14.9. The molecule has 26 heavy (non-hydrogen) atoms. The predicted molar refractivity (Wildman–Crippen MR) is 98.1 cm³/mol. The van der Waals surface area contributed by atoms with Gasteiger partial charge in [-0.25, -0.2) is 4.39 Å². The van der Waals surface area contributed by atoms with E-state index in [9.17, 15) is 14.0 Å². The van der Waals surface area contributed by atoms with E-state index in [0.29, 0.717) is 32.5 Å². The quantitative estimate of drug-likeness (QED) is 0.916. The summed E-state index contributed by atoms with van der Waals surface area (Å²) in [6, 6.07) is 14.0. The summed E-state index contributed by atoms with van der Waals surface area (Å²) >= 11 is 0. The highest BCUT2D eigenvalue weighted by atomic mass is 19.1. The fraction of sp³-hybridized carbons (Fsp3) is 0.333. The molecular formula is C21H23FN2O2. The van der Waals surface area contributed by atoms with Crippen LogP contribution in [0.4, 0.5) is 4.39 Å². The fourth-order valence-corrected chi connectivity index (χ4v) is 3.31. The van der Waals surface area contributed by atoms with Crippen LogP contribution in [0, 0.1) is 18.7 Å². The number of rotatable bonds is 4. The third-order valence-electron chi connectivity index (χ3n) is 4.81. The molecule has 136 valence electrons. The number of halogens is 1. The van der Waals surface area contributed by atoms with Gasteiger partial charge >= 0.3 is 0 Å². The maximum atomic E-state index is 13.8. The molecular weight excluding hydrogens is 331 g/mol. The van der Waals surface area contributed by atoms with Crippen LogP contribution < -0.4 is 5.32 Å². The third-order valence-corrected chi connectivity index (χ3v) is 4.81. The molecule has 0 unspecified atom stereocenters. The van der Waals surface area contributed by atoms with Crippen molar-refractivity contribution in [3.05, 3.63) is 71.0 Å². The summed E-state index contributed by atoms with van der Waals surface area (Å²) in [5.74, 6) is -0.897. The second-order valence-electron chi connectivity index (χ2n) is 6.75. The second-order valence-corrected chi connectivity index (χ2v) is 6.75. The zero-order valence-corrected chi connectivity index (χ0v) is 14.9. The maximum Gasteiger partial charge on any atom is 0.256 e. The Hall–Kier alpha value is -2.69. The number of likely N-dealkylation sites (tertiary alicyclic amines) is 1. The number of hydrogen-bond acceptors (Lipinski definition) is 2. The van der Waals surface area contributed by atoms with E-state index in [-0.39, 0.29) is 23.3 Å². The van der Waals surface area contributed by atoms with Crippen LogP contribution in [0.5, 0.6) is 0 Å². The minimum atomic E-state index is -0.504. The Labute approximate surface area is 153 Å². The molecule has 5 heteroatoms. The molecule has 4 nitrogen and oxygen atoms in total. The Morgan fingerprint density at radius 1 is 1.12 bits per heavy atom. The molecule has 0 atom stereocenters. The van der Waals surface area contributed by atoms with Gasteiger partial charge in [0, 0.05) is 25.6 Å². The van der Waals surface area contributed by atoms with E-state index in [1.807, 2.05) is 25.1 Å². The summed E-state index contributed by atoms with van der Waals surface area (Å²) in [4.78, 5) is 26.4. The van der Waals surface area contributed by atoms with Crippen LogP contribution in [-0.4, -0.2) is 29.8 Å². The fourth-order valence-electron chi connectivity index (χ4n) is 3.31. The van der Waals surface area contributed by atoms with Crippen molar-refractivity contribution in [2.45, 2.75) is 26.3 Å². The molecule has 1 heterocycles. The Bertz CT molecular complexity index is 798. The maximum absolute atomic E-state index is 13.8. The van der Waals surface area contributed by atoms with Crippen LogP contribution in [-0.2, 0) is 11.3 Å². The van der Waals surface area contributed by atoms with Gasteiger partial charge in [-0.3, -0.25) is 9.59 Å². The predicted octanol–water partition coefficient (Wildman–Crippen LogP) is 3.30. The van der Waals surface area contributed by atoms with Crippen LogP contribution in [0.25, 0.3) is 0 Å². The van der Waals surface area contributed by atoms with Crippen LogP contribution in [0.3, 0.4) is 0 Å². The van der Waals surface area contributed by atoms with Gasteiger partial charge in [0.05, 0.1) is 5.56 Å². The molecule has 0 bridgehead atoms. The molecule has 1 fully saturated rings. The summed E-state index contributed by atoms with van der Waals surface area (Å²) in [5.41, 5.74) is 2.33. The van der Waals surface area contributed by atoms with Crippen LogP contribution in [0.2, 0.25) is 0 Å². The number of benzene rings is 2. The summed E-state index contributed by atoms with van der Waals surface area (Å²) in [6.07, 6.45) is 1.19. The first kappa shape index (κ1) is 18.1. The molecule has 1 aliphatic heterocycles. The first-order chi connectivity index (χ1) is 12.5. The van der Waals surface area contributed by atoms with Gasteiger partial charge in [-0.05, 0) is 37.5 Å². The zero-order chi connectivity index (χ0) is 18.5. The monoisotopic (exact) mass is 354 g/mol. The number of amides is 2. The lowest BCUT2D eigenvalue weighted by molar-refractivity contribution is -0.126. The highest BCUT2D eigenvalue weighted by molar-refractivity contribution is 5.94. The number of aryl methyl sites for hydroxylation is 1. The number of hydrogen-bond donors (Lipinski definition) is 1. The van der Waals surface area contributed by atoms with Crippen molar-refractivity contribution in [2.75, 3.05) is 13.1 Å². The Balaban J connectivity index is 1.51. The molecule has 0 spiro atoms. The number of piperidine rings is 1. The first-order valence-corrected chi connectivity index (χ1v) is 8.91. The molecule has 1 aliphatic rings. The van der Waals surface area contributed by atoms with Crippen molar-refractivity contribution in [3.8, 4) is 0 Å². The summed E-state index contributed by atoms with van der Waals surface area (Å²) in [5, 5.41) is 2.98. The Kier molecular flexibility index (Phi) is 5.66. The smallest absolute Gasteiger partial charge is 0.256 e. The van der Waals surface area contributed by atoms with Crippen molar-refractivity contribution in [3.63, 3.8) is 0 Å². The van der Waals surface area contributed by atoms with E-state index in [0.717, 1.165) is 11.1 Å². The lowest BCUT2D eigenvalue weighted by atomic mass is 9.95. The van der Waals surface area contributed by atoms with Gasteiger partial charge < -0.3 is 10.2 Å². The Morgan fingerprint density at radius 3 is 2.54 bits per heavy atom. The minimum Gasteiger partial charge on any atom is -0.352 e. The highest BCUT2D eigenvalue weighted by Gasteiger charge is 2.28. The van der Waals surface area contributed by atoms with E-state index in [2.05, 4.69) is 11.4 Å². The van der Waals surface area contributed by atoms with E-state index in [1.165, 1.54) is 12.1 Å². The van der Waals surface area contributed by atoms with Gasteiger partial charge in [-0.2, -0.15) is 0 Å². The minimum absolute atomic E-state index is 0.0181. The molecule has 3 rings (SSSR count).